The molecule has 0 saturated heterocycles. The van der Waals surface area contributed by atoms with Gasteiger partial charge in [-0.3, -0.25) is 10.1 Å². The number of phenols is 1. The van der Waals surface area contributed by atoms with Gasteiger partial charge in [-0.15, -0.1) is 0 Å². The van der Waals surface area contributed by atoms with Crippen LogP contribution in [-0.2, 0) is 6.54 Å². The second-order valence-electron chi connectivity index (χ2n) is 4.75. The smallest absolute Gasteiger partial charge is 0.415 e. The summed E-state index contributed by atoms with van der Waals surface area (Å²) in [6, 6.07) is 9.85. The van der Waals surface area contributed by atoms with Gasteiger partial charge in [0.25, 0.3) is 5.69 Å². The summed E-state index contributed by atoms with van der Waals surface area (Å²) in [5.74, 6) is 0.177. The largest absolute Gasteiger partial charge is 0.508 e. The molecule has 8 heteroatoms. The summed E-state index contributed by atoms with van der Waals surface area (Å²) in [4.78, 5) is 23.4. The van der Waals surface area contributed by atoms with E-state index < -0.39 is 11.0 Å². The van der Waals surface area contributed by atoms with Crippen LogP contribution in [0.4, 0.5) is 10.5 Å². The molecule has 120 valence electrons. The molecule has 7 nitrogen and oxygen atoms in total. The molecule has 2 aromatic carbocycles. The van der Waals surface area contributed by atoms with Crippen LogP contribution in [0.5, 0.6) is 11.5 Å². The van der Waals surface area contributed by atoms with Crippen LogP contribution in [0.1, 0.15) is 5.56 Å². The standard InChI is InChI=1S/C15H13ClN2O5/c1-17(15(20)23-13-5-2-11(16)3-6-13)9-10-8-12(18(21)22)4-7-14(10)19/h2-8,19H,9H2,1H3. The number of aromatic hydroxyl groups is 1. The van der Waals surface area contributed by atoms with E-state index in [0.29, 0.717) is 10.8 Å². The third-order valence-electron chi connectivity index (χ3n) is 3.01. The van der Waals surface area contributed by atoms with Crippen LogP contribution >= 0.6 is 11.6 Å². The highest BCUT2D eigenvalue weighted by Crippen LogP contribution is 2.24. The summed E-state index contributed by atoms with van der Waals surface area (Å²) in [7, 11) is 1.45. The minimum Gasteiger partial charge on any atom is -0.508 e. The van der Waals surface area contributed by atoms with Gasteiger partial charge in [-0.05, 0) is 30.3 Å². The second-order valence-corrected chi connectivity index (χ2v) is 5.18. The Bertz CT molecular complexity index is 733. The Morgan fingerprint density at radius 3 is 2.57 bits per heavy atom. The van der Waals surface area contributed by atoms with E-state index in [0.717, 1.165) is 0 Å². The average molecular weight is 337 g/mol. The van der Waals surface area contributed by atoms with Gasteiger partial charge >= 0.3 is 6.09 Å². The number of benzene rings is 2. The molecule has 23 heavy (non-hydrogen) atoms. The van der Waals surface area contributed by atoms with Crippen molar-refractivity contribution < 1.29 is 19.6 Å². The Kier molecular flexibility index (Phi) is 5.02. The van der Waals surface area contributed by atoms with Gasteiger partial charge in [0.2, 0.25) is 0 Å². The fraction of sp³-hybridized carbons (Fsp3) is 0.133. The lowest BCUT2D eigenvalue weighted by molar-refractivity contribution is -0.385. The van der Waals surface area contributed by atoms with E-state index in [2.05, 4.69) is 0 Å². The van der Waals surface area contributed by atoms with E-state index in [4.69, 9.17) is 16.3 Å². The molecule has 1 amide bonds. The minimum absolute atomic E-state index is 0.0417. The Labute approximate surface area is 136 Å². The molecule has 0 radical (unpaired) electrons. The molecule has 0 bridgehead atoms. The van der Waals surface area contributed by atoms with Gasteiger partial charge in [-0.25, -0.2) is 4.79 Å². The maximum Gasteiger partial charge on any atom is 0.415 e. The number of hydrogen-bond acceptors (Lipinski definition) is 5. The van der Waals surface area contributed by atoms with Crippen molar-refractivity contribution in [2.24, 2.45) is 0 Å². The molecule has 0 spiro atoms. The van der Waals surface area contributed by atoms with E-state index >= 15 is 0 Å². The van der Waals surface area contributed by atoms with Crippen LogP contribution in [0.3, 0.4) is 0 Å². The first-order valence-electron chi connectivity index (χ1n) is 6.51. The number of rotatable bonds is 4. The van der Waals surface area contributed by atoms with Crippen LogP contribution in [0, 0.1) is 10.1 Å². The number of phenolic OH excluding ortho intramolecular Hbond substituents is 1. The number of carbonyl (C=O) groups excluding carboxylic acids is 1. The molecule has 0 aromatic heterocycles. The highest BCUT2D eigenvalue weighted by molar-refractivity contribution is 6.30. The molecule has 0 aliphatic heterocycles. The Balaban J connectivity index is 2.07. The van der Waals surface area contributed by atoms with Crippen molar-refractivity contribution in [3.8, 4) is 11.5 Å². The number of nitro groups is 1. The van der Waals surface area contributed by atoms with Gasteiger partial charge in [0.1, 0.15) is 11.5 Å². The third kappa shape index (κ3) is 4.33. The zero-order valence-corrected chi connectivity index (χ0v) is 12.9. The molecule has 0 aliphatic rings. The summed E-state index contributed by atoms with van der Waals surface area (Å²) in [6.45, 7) is -0.0417. The number of carbonyl (C=O) groups is 1. The summed E-state index contributed by atoms with van der Waals surface area (Å²) >= 11 is 5.74. The van der Waals surface area contributed by atoms with E-state index in [-0.39, 0.29) is 23.5 Å². The molecule has 2 rings (SSSR count). The van der Waals surface area contributed by atoms with Crippen LogP contribution in [-0.4, -0.2) is 28.1 Å². The Morgan fingerprint density at radius 1 is 1.30 bits per heavy atom. The van der Waals surface area contributed by atoms with Crippen LogP contribution in [0.25, 0.3) is 0 Å². The van der Waals surface area contributed by atoms with Gasteiger partial charge < -0.3 is 14.7 Å². The van der Waals surface area contributed by atoms with Gasteiger partial charge in [-0.2, -0.15) is 0 Å². The van der Waals surface area contributed by atoms with Gasteiger partial charge in [0.05, 0.1) is 11.5 Å². The molecule has 2 aromatic rings. The minimum atomic E-state index is -0.668. The van der Waals surface area contributed by atoms with Crippen molar-refractivity contribution in [3.63, 3.8) is 0 Å². The molecule has 0 aliphatic carbocycles. The number of nitro benzene ring substituents is 1. The normalized spacial score (nSPS) is 10.2. The number of halogens is 1. The first-order chi connectivity index (χ1) is 10.9. The SMILES string of the molecule is CN(Cc1cc([N+](=O)[O-])ccc1O)C(=O)Oc1ccc(Cl)cc1. The number of ether oxygens (including phenoxy) is 1. The second kappa shape index (κ2) is 6.97. The van der Waals surface area contributed by atoms with Crippen molar-refractivity contribution in [1.82, 2.24) is 4.90 Å². The van der Waals surface area contributed by atoms with Crippen molar-refractivity contribution >= 4 is 23.4 Å². The predicted molar refractivity (Wildman–Crippen MR) is 83.7 cm³/mol. The number of amides is 1. The topological polar surface area (TPSA) is 92.9 Å². The van der Waals surface area contributed by atoms with E-state index in [1.807, 2.05) is 0 Å². The summed E-state index contributed by atoms with van der Waals surface area (Å²) in [6.07, 6.45) is -0.668. The van der Waals surface area contributed by atoms with Gasteiger partial charge in [-0.1, -0.05) is 11.6 Å². The van der Waals surface area contributed by atoms with Crippen molar-refractivity contribution in [3.05, 3.63) is 63.2 Å². The fourth-order valence-electron chi connectivity index (χ4n) is 1.81. The maximum atomic E-state index is 12.0. The molecule has 0 heterocycles. The van der Waals surface area contributed by atoms with Crippen LogP contribution in [0.2, 0.25) is 5.02 Å². The van der Waals surface area contributed by atoms with E-state index in [9.17, 15) is 20.0 Å². The van der Waals surface area contributed by atoms with E-state index in [1.54, 1.807) is 24.3 Å². The molecular formula is C15H13ClN2O5. The zero-order chi connectivity index (χ0) is 17.0. The van der Waals surface area contributed by atoms with Gasteiger partial charge in [0.15, 0.2) is 0 Å². The maximum absolute atomic E-state index is 12.0. The lowest BCUT2D eigenvalue weighted by Gasteiger charge is -2.17. The monoisotopic (exact) mass is 336 g/mol. The molecule has 1 N–H and O–H groups in total. The summed E-state index contributed by atoms with van der Waals surface area (Å²) < 4.78 is 5.13. The lowest BCUT2D eigenvalue weighted by atomic mass is 10.1. The molecule has 0 unspecified atom stereocenters. The van der Waals surface area contributed by atoms with Crippen molar-refractivity contribution in [2.75, 3.05) is 7.05 Å². The molecule has 0 fully saturated rings. The van der Waals surface area contributed by atoms with Crippen molar-refractivity contribution in [1.29, 1.82) is 0 Å². The highest BCUT2D eigenvalue weighted by Gasteiger charge is 2.16. The first kappa shape index (κ1) is 16.6. The number of hydrogen-bond donors (Lipinski definition) is 1. The Hall–Kier alpha value is -2.80. The zero-order valence-electron chi connectivity index (χ0n) is 12.1. The summed E-state index contributed by atoms with van der Waals surface area (Å²) in [5, 5.41) is 21.0. The Morgan fingerprint density at radius 2 is 1.96 bits per heavy atom. The molecule has 0 saturated carbocycles. The molecule has 0 atom stereocenters. The van der Waals surface area contributed by atoms with Gasteiger partial charge in [0, 0.05) is 29.8 Å². The fourth-order valence-corrected chi connectivity index (χ4v) is 1.94. The first-order valence-corrected chi connectivity index (χ1v) is 6.89. The number of nitrogens with zero attached hydrogens (tertiary/aromatic N) is 2. The summed E-state index contributed by atoms with van der Waals surface area (Å²) in [5.41, 5.74) is 0.0759. The predicted octanol–water partition coefficient (Wildman–Crippen LogP) is 3.58. The average Bonchev–Trinajstić information content (AvgIpc) is 2.51. The lowest BCUT2D eigenvalue weighted by Crippen LogP contribution is -2.29. The third-order valence-corrected chi connectivity index (χ3v) is 3.26. The quantitative estimate of drug-likeness (QED) is 0.680. The molecular weight excluding hydrogens is 324 g/mol. The van der Waals surface area contributed by atoms with Crippen molar-refractivity contribution in [2.45, 2.75) is 6.54 Å². The highest BCUT2D eigenvalue weighted by atomic mass is 35.5. The van der Waals surface area contributed by atoms with E-state index in [1.165, 1.54) is 30.1 Å². The number of non-ortho nitro benzene ring substituents is 1. The van der Waals surface area contributed by atoms with Crippen LogP contribution < -0.4 is 4.74 Å². The van der Waals surface area contributed by atoms with Crippen LogP contribution in [0.15, 0.2) is 42.5 Å².